The van der Waals surface area contributed by atoms with Crippen LogP contribution in [-0.4, -0.2) is 0 Å². The summed E-state index contributed by atoms with van der Waals surface area (Å²) in [6.07, 6.45) is 0. The molecule has 4 aromatic carbocycles. The van der Waals surface area contributed by atoms with Crippen LogP contribution in [0.3, 0.4) is 0 Å². The summed E-state index contributed by atoms with van der Waals surface area (Å²) in [5.74, 6) is 0. The SMILES string of the molecule is Nc1cc(N)cc(COCc2c3ccccc3cc3ccccc23)c1. The highest BCUT2D eigenvalue weighted by Crippen LogP contribution is 2.29. The van der Waals surface area contributed by atoms with Gasteiger partial charge in [-0.05, 0) is 56.9 Å². The van der Waals surface area contributed by atoms with E-state index in [0.29, 0.717) is 24.6 Å². The molecule has 0 aliphatic rings. The fraction of sp³-hybridized carbons (Fsp3) is 0.0909. The third-order valence-corrected chi connectivity index (χ3v) is 4.44. The second-order valence-electron chi connectivity index (χ2n) is 6.30. The second-order valence-corrected chi connectivity index (χ2v) is 6.30. The van der Waals surface area contributed by atoms with E-state index in [9.17, 15) is 0 Å². The standard InChI is InChI=1S/C22H20N2O/c23-18-9-15(10-19(24)12-18)13-25-14-22-20-7-3-1-5-16(20)11-17-6-2-4-8-21(17)22/h1-12H,13-14,23-24H2. The maximum Gasteiger partial charge on any atom is 0.0733 e. The number of anilines is 2. The van der Waals surface area contributed by atoms with Crippen molar-refractivity contribution in [1.29, 1.82) is 0 Å². The molecule has 0 amide bonds. The van der Waals surface area contributed by atoms with Gasteiger partial charge in [0.25, 0.3) is 0 Å². The van der Waals surface area contributed by atoms with E-state index in [1.165, 1.54) is 27.1 Å². The van der Waals surface area contributed by atoms with Crippen molar-refractivity contribution in [2.45, 2.75) is 13.2 Å². The Kier molecular flexibility index (Phi) is 4.00. The molecule has 4 aromatic rings. The van der Waals surface area contributed by atoms with Crippen molar-refractivity contribution in [3.8, 4) is 0 Å². The van der Waals surface area contributed by atoms with E-state index >= 15 is 0 Å². The first kappa shape index (κ1) is 15.5. The number of rotatable bonds is 4. The van der Waals surface area contributed by atoms with Gasteiger partial charge in [-0.1, -0.05) is 48.5 Å². The summed E-state index contributed by atoms with van der Waals surface area (Å²) in [7, 11) is 0. The molecule has 3 nitrogen and oxygen atoms in total. The number of ether oxygens (including phenoxy) is 1. The lowest BCUT2D eigenvalue weighted by atomic mass is 9.97. The molecule has 0 atom stereocenters. The lowest BCUT2D eigenvalue weighted by Gasteiger charge is -2.12. The van der Waals surface area contributed by atoms with Crippen LogP contribution in [0.25, 0.3) is 21.5 Å². The fourth-order valence-corrected chi connectivity index (χ4v) is 3.36. The highest BCUT2D eigenvalue weighted by Gasteiger charge is 2.08. The van der Waals surface area contributed by atoms with Gasteiger partial charge in [0.1, 0.15) is 0 Å². The van der Waals surface area contributed by atoms with Gasteiger partial charge < -0.3 is 16.2 Å². The minimum atomic E-state index is 0.479. The summed E-state index contributed by atoms with van der Waals surface area (Å²) in [5, 5.41) is 4.92. The van der Waals surface area contributed by atoms with E-state index in [2.05, 4.69) is 54.6 Å². The van der Waals surface area contributed by atoms with Gasteiger partial charge in [-0.3, -0.25) is 0 Å². The van der Waals surface area contributed by atoms with Crippen molar-refractivity contribution in [1.82, 2.24) is 0 Å². The Morgan fingerprint density at radius 2 is 1.20 bits per heavy atom. The molecule has 0 radical (unpaired) electrons. The molecule has 25 heavy (non-hydrogen) atoms. The molecule has 0 saturated carbocycles. The largest absolute Gasteiger partial charge is 0.399 e. The van der Waals surface area contributed by atoms with Crippen molar-refractivity contribution in [2.24, 2.45) is 0 Å². The van der Waals surface area contributed by atoms with E-state index in [-0.39, 0.29) is 0 Å². The molecule has 0 fully saturated rings. The Labute approximate surface area is 146 Å². The van der Waals surface area contributed by atoms with Crippen LogP contribution in [-0.2, 0) is 18.0 Å². The van der Waals surface area contributed by atoms with E-state index in [1.54, 1.807) is 6.07 Å². The Morgan fingerprint density at radius 3 is 1.80 bits per heavy atom. The zero-order valence-electron chi connectivity index (χ0n) is 13.9. The molecular formula is C22H20N2O. The van der Waals surface area contributed by atoms with Gasteiger partial charge >= 0.3 is 0 Å². The summed E-state index contributed by atoms with van der Waals surface area (Å²) in [6.45, 7) is 1.02. The first-order chi connectivity index (χ1) is 12.2. The van der Waals surface area contributed by atoms with Crippen molar-refractivity contribution >= 4 is 32.9 Å². The smallest absolute Gasteiger partial charge is 0.0733 e. The molecule has 0 unspecified atom stereocenters. The molecule has 124 valence electrons. The van der Waals surface area contributed by atoms with E-state index in [1.807, 2.05) is 12.1 Å². The maximum absolute atomic E-state index is 6.02. The minimum Gasteiger partial charge on any atom is -0.399 e. The normalized spacial score (nSPS) is 11.2. The quantitative estimate of drug-likeness (QED) is 0.415. The van der Waals surface area contributed by atoms with Gasteiger partial charge in [-0.15, -0.1) is 0 Å². The molecule has 0 aromatic heterocycles. The molecule has 0 aliphatic heterocycles. The summed E-state index contributed by atoms with van der Waals surface area (Å²) in [4.78, 5) is 0. The average Bonchev–Trinajstić information content (AvgIpc) is 2.60. The Bertz CT molecular complexity index is 982. The van der Waals surface area contributed by atoms with Gasteiger partial charge in [-0.2, -0.15) is 0 Å². The summed E-state index contributed by atoms with van der Waals surface area (Å²) in [6, 6.07) is 24.6. The van der Waals surface area contributed by atoms with Gasteiger partial charge in [0.15, 0.2) is 0 Å². The molecule has 0 bridgehead atoms. The number of nitrogen functional groups attached to an aromatic ring is 2. The summed E-state index contributed by atoms with van der Waals surface area (Å²) < 4.78 is 6.02. The van der Waals surface area contributed by atoms with Crippen molar-refractivity contribution in [3.05, 3.63) is 83.9 Å². The predicted molar refractivity (Wildman–Crippen MR) is 105 cm³/mol. The lowest BCUT2D eigenvalue weighted by Crippen LogP contribution is -1.99. The van der Waals surface area contributed by atoms with Gasteiger partial charge in [0, 0.05) is 11.4 Å². The molecule has 4 N–H and O–H groups in total. The number of benzene rings is 4. The summed E-state index contributed by atoms with van der Waals surface area (Å²) >= 11 is 0. The topological polar surface area (TPSA) is 61.3 Å². The molecule has 0 spiro atoms. The highest BCUT2D eigenvalue weighted by molar-refractivity contribution is 6.02. The van der Waals surface area contributed by atoms with E-state index in [0.717, 1.165) is 5.56 Å². The van der Waals surface area contributed by atoms with E-state index in [4.69, 9.17) is 16.2 Å². The van der Waals surface area contributed by atoms with Gasteiger partial charge in [0.2, 0.25) is 0 Å². The number of hydrogen-bond acceptors (Lipinski definition) is 3. The van der Waals surface area contributed by atoms with Crippen LogP contribution >= 0.6 is 0 Å². The Hall–Kier alpha value is -3.04. The van der Waals surface area contributed by atoms with Crippen LogP contribution in [0.15, 0.2) is 72.8 Å². The summed E-state index contributed by atoms with van der Waals surface area (Å²) in [5.41, 5.74) is 15.2. The zero-order valence-corrected chi connectivity index (χ0v) is 13.9. The van der Waals surface area contributed by atoms with Crippen LogP contribution < -0.4 is 11.5 Å². The van der Waals surface area contributed by atoms with Crippen molar-refractivity contribution < 1.29 is 4.74 Å². The number of nitrogens with two attached hydrogens (primary N) is 2. The molecule has 0 saturated heterocycles. The van der Waals surface area contributed by atoms with Crippen molar-refractivity contribution in [2.75, 3.05) is 11.5 Å². The second kappa shape index (κ2) is 6.46. The minimum absolute atomic E-state index is 0.479. The third kappa shape index (κ3) is 3.14. The predicted octanol–water partition coefficient (Wildman–Crippen LogP) is 4.87. The fourth-order valence-electron chi connectivity index (χ4n) is 3.36. The van der Waals surface area contributed by atoms with Crippen LogP contribution in [0, 0.1) is 0 Å². The Balaban J connectivity index is 1.67. The third-order valence-electron chi connectivity index (χ3n) is 4.44. The monoisotopic (exact) mass is 328 g/mol. The molecule has 4 rings (SSSR count). The number of hydrogen-bond donors (Lipinski definition) is 2. The van der Waals surface area contributed by atoms with E-state index < -0.39 is 0 Å². The Morgan fingerprint density at radius 1 is 0.640 bits per heavy atom. The lowest BCUT2D eigenvalue weighted by molar-refractivity contribution is 0.109. The number of fused-ring (bicyclic) bond motifs is 2. The highest BCUT2D eigenvalue weighted by atomic mass is 16.5. The molecular weight excluding hydrogens is 308 g/mol. The van der Waals surface area contributed by atoms with Crippen LogP contribution in [0.1, 0.15) is 11.1 Å². The van der Waals surface area contributed by atoms with Crippen molar-refractivity contribution in [3.63, 3.8) is 0 Å². The van der Waals surface area contributed by atoms with Gasteiger partial charge in [0.05, 0.1) is 13.2 Å². The van der Waals surface area contributed by atoms with Crippen LogP contribution in [0.5, 0.6) is 0 Å². The first-order valence-corrected chi connectivity index (χ1v) is 8.33. The molecule has 0 heterocycles. The first-order valence-electron chi connectivity index (χ1n) is 8.33. The zero-order chi connectivity index (χ0) is 17.2. The van der Waals surface area contributed by atoms with Gasteiger partial charge in [-0.25, -0.2) is 0 Å². The molecule has 3 heteroatoms. The average molecular weight is 328 g/mol. The van der Waals surface area contributed by atoms with Crippen LogP contribution in [0.2, 0.25) is 0 Å². The molecule has 0 aliphatic carbocycles. The maximum atomic E-state index is 6.02. The van der Waals surface area contributed by atoms with Crippen LogP contribution in [0.4, 0.5) is 11.4 Å².